The number of carbonyl (C=O) groups is 2. The van der Waals surface area contributed by atoms with Gasteiger partial charge in [0.05, 0.1) is 11.1 Å². The molecule has 0 saturated heterocycles. The van der Waals surface area contributed by atoms with Gasteiger partial charge in [0.1, 0.15) is 16.8 Å². The van der Waals surface area contributed by atoms with E-state index < -0.39 is 22.7 Å². The summed E-state index contributed by atoms with van der Waals surface area (Å²) < 4.78 is 12.2. The molecule has 26 heavy (non-hydrogen) atoms. The third-order valence-electron chi connectivity index (χ3n) is 4.08. The molecule has 6 nitrogen and oxygen atoms in total. The van der Waals surface area contributed by atoms with Crippen LogP contribution in [0.3, 0.4) is 0 Å². The van der Waals surface area contributed by atoms with E-state index in [2.05, 4.69) is 11.4 Å². The Balaban J connectivity index is 1.62. The highest BCUT2D eigenvalue weighted by atomic mass is 32.2. The summed E-state index contributed by atoms with van der Waals surface area (Å²) in [5, 5.41) is 21.6. The van der Waals surface area contributed by atoms with E-state index in [1.165, 1.54) is 23.5 Å². The van der Waals surface area contributed by atoms with E-state index in [4.69, 9.17) is 5.11 Å². The van der Waals surface area contributed by atoms with Crippen molar-refractivity contribution >= 4 is 39.0 Å². The van der Waals surface area contributed by atoms with Crippen molar-refractivity contribution in [2.24, 2.45) is 0 Å². The van der Waals surface area contributed by atoms with Crippen LogP contribution in [-0.4, -0.2) is 26.9 Å². The molecule has 0 bridgehead atoms. The highest BCUT2D eigenvalue weighted by Crippen LogP contribution is 2.38. The Kier molecular flexibility index (Phi) is 5.49. The number of anilines is 1. The van der Waals surface area contributed by atoms with Gasteiger partial charge in [0.15, 0.2) is 0 Å². The fourth-order valence-electron chi connectivity index (χ4n) is 2.95. The van der Waals surface area contributed by atoms with Crippen LogP contribution in [0.1, 0.15) is 38.3 Å². The number of carbonyl (C=O) groups excluding carboxylic acids is 1. The minimum atomic E-state index is -1.47. The molecule has 0 saturated carbocycles. The highest BCUT2D eigenvalue weighted by Gasteiger charge is 2.23. The molecule has 1 aliphatic rings. The molecule has 134 valence electrons. The fraction of sp³-hybridized carbons (Fsp3) is 0.278. The van der Waals surface area contributed by atoms with Crippen LogP contribution in [0.2, 0.25) is 0 Å². The van der Waals surface area contributed by atoms with Gasteiger partial charge in [0.25, 0.3) is 0 Å². The van der Waals surface area contributed by atoms with Crippen molar-refractivity contribution in [1.82, 2.24) is 0 Å². The second-order valence-corrected chi connectivity index (χ2v) is 8.52. The number of fused-ring (bicyclic) bond motifs is 1. The van der Waals surface area contributed by atoms with E-state index in [9.17, 15) is 19.1 Å². The van der Waals surface area contributed by atoms with Crippen molar-refractivity contribution in [3.8, 4) is 6.07 Å². The zero-order valence-electron chi connectivity index (χ0n) is 13.8. The third kappa shape index (κ3) is 4.00. The van der Waals surface area contributed by atoms with Crippen LogP contribution in [0.4, 0.5) is 5.00 Å². The Morgan fingerprint density at radius 1 is 1.35 bits per heavy atom. The number of rotatable bonds is 6. The first-order valence-corrected chi connectivity index (χ1v) is 10.3. The maximum atomic E-state index is 12.2. The maximum absolute atomic E-state index is 12.2. The lowest BCUT2D eigenvalue weighted by atomic mass is 10.1. The van der Waals surface area contributed by atoms with Gasteiger partial charge in [0.2, 0.25) is 5.91 Å². The molecule has 3 rings (SSSR count). The number of hydrogen-bond donors (Lipinski definition) is 2. The molecule has 1 atom stereocenters. The molecule has 1 aliphatic carbocycles. The predicted molar refractivity (Wildman–Crippen MR) is 99.8 cm³/mol. The molecular weight excluding hydrogens is 372 g/mol. The van der Waals surface area contributed by atoms with Crippen LogP contribution in [0.15, 0.2) is 24.3 Å². The van der Waals surface area contributed by atoms with Gasteiger partial charge in [-0.2, -0.15) is 5.26 Å². The monoisotopic (exact) mass is 388 g/mol. The predicted octanol–water partition coefficient (Wildman–Crippen LogP) is 2.69. The maximum Gasteiger partial charge on any atom is 0.335 e. The topological polar surface area (TPSA) is 107 Å². The molecule has 2 N–H and O–H groups in total. The summed E-state index contributed by atoms with van der Waals surface area (Å²) in [5.41, 5.74) is 2.27. The molecule has 1 aromatic carbocycles. The van der Waals surface area contributed by atoms with E-state index in [1.807, 2.05) is 0 Å². The number of hydrogen-bond acceptors (Lipinski definition) is 5. The minimum Gasteiger partial charge on any atom is -0.478 e. The number of aryl methyl sites for hydroxylation is 1. The van der Waals surface area contributed by atoms with Gasteiger partial charge in [-0.15, -0.1) is 11.3 Å². The first kappa shape index (κ1) is 18.3. The molecule has 0 spiro atoms. The molecule has 1 amide bonds. The summed E-state index contributed by atoms with van der Waals surface area (Å²) in [6.07, 6.45) is 2.82. The Labute approximate surface area is 156 Å². The zero-order chi connectivity index (χ0) is 18.7. The fourth-order valence-corrected chi connectivity index (χ4v) is 5.22. The second kappa shape index (κ2) is 7.81. The third-order valence-corrected chi connectivity index (χ3v) is 6.53. The Hall–Kier alpha value is -2.50. The van der Waals surface area contributed by atoms with Crippen LogP contribution in [0.25, 0.3) is 0 Å². The number of benzene rings is 1. The molecular formula is C18H16N2O4S2. The van der Waals surface area contributed by atoms with Crippen molar-refractivity contribution in [3.63, 3.8) is 0 Å². The summed E-state index contributed by atoms with van der Waals surface area (Å²) in [6, 6.07) is 8.33. The van der Waals surface area contributed by atoms with E-state index in [0.29, 0.717) is 16.1 Å². The van der Waals surface area contributed by atoms with E-state index in [1.54, 1.807) is 12.1 Å². The van der Waals surface area contributed by atoms with E-state index in [-0.39, 0.29) is 17.1 Å². The number of nitrogens with one attached hydrogen (secondary N) is 1. The number of nitriles is 1. The first-order valence-electron chi connectivity index (χ1n) is 7.99. The standard InChI is InChI=1S/C18H16N2O4S2/c19-8-14-13-5-2-6-15(13)25-17(14)20-16(21)10-26(24)9-11-3-1-4-12(7-11)18(22)23/h1,3-4,7H,2,5-6,9-10H2,(H,20,21)(H,22,23). The number of carboxylic acids is 1. The van der Waals surface area contributed by atoms with E-state index in [0.717, 1.165) is 29.7 Å². The quantitative estimate of drug-likeness (QED) is 0.791. The lowest BCUT2D eigenvalue weighted by Gasteiger charge is -2.05. The normalized spacial score (nSPS) is 13.7. The second-order valence-electron chi connectivity index (χ2n) is 5.96. The average molecular weight is 388 g/mol. The number of nitrogens with zero attached hydrogens (tertiary/aromatic N) is 1. The number of thiophene rings is 1. The lowest BCUT2D eigenvalue weighted by molar-refractivity contribution is -0.113. The number of amides is 1. The van der Waals surface area contributed by atoms with Crippen LogP contribution < -0.4 is 5.32 Å². The molecule has 0 radical (unpaired) electrons. The van der Waals surface area contributed by atoms with Crippen molar-refractivity contribution in [1.29, 1.82) is 5.26 Å². The largest absolute Gasteiger partial charge is 0.478 e. The van der Waals surface area contributed by atoms with Crippen LogP contribution in [0, 0.1) is 11.3 Å². The molecule has 1 aromatic heterocycles. The van der Waals surface area contributed by atoms with Crippen molar-refractivity contribution < 1.29 is 18.9 Å². The van der Waals surface area contributed by atoms with Crippen molar-refractivity contribution in [2.45, 2.75) is 25.0 Å². The number of carboxylic acid groups (broad SMARTS) is 1. The lowest BCUT2D eigenvalue weighted by Crippen LogP contribution is -2.20. The molecule has 1 unspecified atom stereocenters. The van der Waals surface area contributed by atoms with Gasteiger partial charge in [-0.3, -0.25) is 9.00 Å². The minimum absolute atomic E-state index is 0.0978. The summed E-state index contributed by atoms with van der Waals surface area (Å²) >= 11 is 1.42. The molecule has 8 heteroatoms. The summed E-state index contributed by atoms with van der Waals surface area (Å²) in [6.45, 7) is 0. The Morgan fingerprint density at radius 2 is 2.15 bits per heavy atom. The van der Waals surface area contributed by atoms with Crippen LogP contribution in [0.5, 0.6) is 0 Å². The van der Waals surface area contributed by atoms with Crippen LogP contribution >= 0.6 is 11.3 Å². The molecule has 2 aromatic rings. The van der Waals surface area contributed by atoms with Gasteiger partial charge in [-0.1, -0.05) is 12.1 Å². The van der Waals surface area contributed by atoms with Gasteiger partial charge in [-0.25, -0.2) is 4.79 Å². The van der Waals surface area contributed by atoms with Gasteiger partial charge in [-0.05, 0) is 42.5 Å². The zero-order valence-corrected chi connectivity index (χ0v) is 15.4. The summed E-state index contributed by atoms with van der Waals surface area (Å²) in [5.74, 6) is -1.56. The molecule has 0 aliphatic heterocycles. The average Bonchev–Trinajstić information content (AvgIpc) is 3.15. The van der Waals surface area contributed by atoms with Gasteiger partial charge < -0.3 is 10.4 Å². The highest BCUT2D eigenvalue weighted by molar-refractivity contribution is 7.85. The number of aromatic carboxylic acids is 1. The first-order chi connectivity index (χ1) is 12.5. The summed E-state index contributed by atoms with van der Waals surface area (Å²) in [4.78, 5) is 24.3. The SMILES string of the molecule is N#Cc1c(NC(=O)CS(=O)Cc2cccc(C(=O)O)c2)sc2c1CCC2. The van der Waals surface area contributed by atoms with E-state index >= 15 is 0 Å². The summed E-state index contributed by atoms with van der Waals surface area (Å²) in [7, 11) is -1.47. The van der Waals surface area contributed by atoms with Crippen molar-refractivity contribution in [2.75, 3.05) is 11.1 Å². The van der Waals surface area contributed by atoms with Crippen LogP contribution in [-0.2, 0) is 34.2 Å². The van der Waals surface area contributed by atoms with Crippen molar-refractivity contribution in [3.05, 3.63) is 51.4 Å². The molecule has 1 heterocycles. The smallest absolute Gasteiger partial charge is 0.335 e. The molecule has 0 fully saturated rings. The van der Waals surface area contributed by atoms with Gasteiger partial charge >= 0.3 is 5.97 Å². The Bertz CT molecular complexity index is 943. The van der Waals surface area contributed by atoms with Gasteiger partial charge in [0, 0.05) is 21.4 Å². The Morgan fingerprint density at radius 3 is 2.88 bits per heavy atom.